The number of hydrogen-bond donors (Lipinski definition) is 2. The Hall–Kier alpha value is -1.41. The van der Waals surface area contributed by atoms with Crippen LogP contribution in [0, 0.1) is 13.8 Å². The van der Waals surface area contributed by atoms with E-state index >= 15 is 0 Å². The molecule has 3 aromatic rings. The molecule has 0 aliphatic heterocycles. The molecule has 140 valence electrons. The minimum atomic E-state index is 0.477. The zero-order chi connectivity index (χ0) is 19.6. The van der Waals surface area contributed by atoms with E-state index in [1.54, 1.807) is 0 Å². The van der Waals surface area contributed by atoms with Gasteiger partial charge in [0.1, 0.15) is 0 Å². The molecule has 0 bridgehead atoms. The molecule has 0 spiro atoms. The summed E-state index contributed by atoms with van der Waals surface area (Å²) >= 11 is 18.6. The predicted octanol–water partition coefficient (Wildman–Crippen LogP) is 6.54. The molecule has 2 aromatic carbocycles. The molecule has 0 atom stereocenters. The number of anilines is 2. The van der Waals surface area contributed by atoms with Crippen molar-refractivity contribution in [2.45, 2.75) is 20.4 Å². The van der Waals surface area contributed by atoms with Crippen LogP contribution in [0.15, 0.2) is 51.4 Å². The van der Waals surface area contributed by atoms with Gasteiger partial charge in [-0.15, -0.1) is 0 Å². The van der Waals surface area contributed by atoms with E-state index in [0.717, 1.165) is 37.3 Å². The van der Waals surface area contributed by atoms with Gasteiger partial charge in [0.25, 0.3) is 0 Å². The second-order valence-corrected chi connectivity index (χ2v) is 8.57. The number of rotatable bonds is 4. The summed E-state index contributed by atoms with van der Waals surface area (Å²) < 4.78 is 3.95. The average molecular weight is 529 g/mol. The number of benzene rings is 2. The van der Waals surface area contributed by atoms with Crippen molar-refractivity contribution in [3.63, 3.8) is 0 Å². The van der Waals surface area contributed by atoms with Gasteiger partial charge in [-0.05, 0) is 77.9 Å². The SMILES string of the molecule is Cc1nn(Cc2cccc(NC(=S)Nc3ccc(Br)cc3Cl)c2)c(C)c1Br. The third-order valence-corrected chi connectivity index (χ3v) is 6.15. The molecule has 0 aliphatic carbocycles. The Kier molecular flexibility index (Phi) is 6.57. The van der Waals surface area contributed by atoms with Gasteiger partial charge in [-0.25, -0.2) is 0 Å². The van der Waals surface area contributed by atoms with Crippen LogP contribution in [0.3, 0.4) is 0 Å². The van der Waals surface area contributed by atoms with E-state index < -0.39 is 0 Å². The first kappa shape index (κ1) is 20.3. The number of nitrogens with one attached hydrogen (secondary N) is 2. The molecule has 0 saturated carbocycles. The van der Waals surface area contributed by atoms with Gasteiger partial charge in [-0.2, -0.15) is 5.10 Å². The Labute approximate surface area is 185 Å². The third-order valence-electron chi connectivity index (χ3n) is 3.99. The summed E-state index contributed by atoms with van der Waals surface area (Å²) in [5.41, 5.74) is 4.87. The summed E-state index contributed by atoms with van der Waals surface area (Å²) in [4.78, 5) is 0. The summed E-state index contributed by atoms with van der Waals surface area (Å²) in [6.45, 7) is 4.72. The van der Waals surface area contributed by atoms with Crippen LogP contribution in [-0.4, -0.2) is 14.9 Å². The summed E-state index contributed by atoms with van der Waals surface area (Å²) in [6, 6.07) is 13.7. The summed E-state index contributed by atoms with van der Waals surface area (Å²) in [5.74, 6) is 0. The molecule has 0 fully saturated rings. The van der Waals surface area contributed by atoms with E-state index in [2.05, 4.69) is 59.7 Å². The maximum Gasteiger partial charge on any atom is 0.175 e. The number of aromatic nitrogens is 2. The van der Waals surface area contributed by atoms with Crippen LogP contribution in [-0.2, 0) is 6.54 Å². The van der Waals surface area contributed by atoms with E-state index in [0.29, 0.717) is 16.7 Å². The number of thiocarbonyl (C=S) groups is 1. The van der Waals surface area contributed by atoms with Gasteiger partial charge in [0.2, 0.25) is 0 Å². The average Bonchev–Trinajstić information content (AvgIpc) is 2.85. The van der Waals surface area contributed by atoms with Gasteiger partial charge in [0, 0.05) is 10.2 Å². The largest absolute Gasteiger partial charge is 0.332 e. The molecular weight excluding hydrogens is 512 g/mol. The van der Waals surface area contributed by atoms with E-state index in [1.807, 2.05) is 48.9 Å². The monoisotopic (exact) mass is 526 g/mol. The first-order valence-corrected chi connectivity index (χ1v) is 10.5. The summed E-state index contributed by atoms with van der Waals surface area (Å²) in [7, 11) is 0. The zero-order valence-electron chi connectivity index (χ0n) is 14.7. The molecule has 0 unspecified atom stereocenters. The van der Waals surface area contributed by atoms with Crippen LogP contribution >= 0.6 is 55.7 Å². The Morgan fingerprint density at radius 3 is 2.59 bits per heavy atom. The summed E-state index contributed by atoms with van der Waals surface area (Å²) in [6.07, 6.45) is 0. The molecule has 2 N–H and O–H groups in total. The van der Waals surface area contributed by atoms with Gasteiger partial charge < -0.3 is 10.6 Å². The highest BCUT2D eigenvalue weighted by atomic mass is 79.9. The quantitative estimate of drug-likeness (QED) is 0.378. The van der Waals surface area contributed by atoms with Crippen molar-refractivity contribution in [1.82, 2.24) is 9.78 Å². The predicted molar refractivity (Wildman–Crippen MR) is 124 cm³/mol. The van der Waals surface area contributed by atoms with Crippen LogP contribution in [0.4, 0.5) is 11.4 Å². The molecule has 1 heterocycles. The van der Waals surface area contributed by atoms with E-state index in [-0.39, 0.29) is 0 Å². The van der Waals surface area contributed by atoms with Gasteiger partial charge in [-0.1, -0.05) is 39.7 Å². The second-order valence-electron chi connectivity index (χ2n) is 6.05. The molecule has 0 radical (unpaired) electrons. The lowest BCUT2D eigenvalue weighted by atomic mass is 10.2. The number of halogens is 3. The molecular formula is C19H17Br2ClN4S. The molecule has 8 heteroatoms. The molecule has 3 rings (SSSR count). The van der Waals surface area contributed by atoms with Gasteiger partial charge >= 0.3 is 0 Å². The molecule has 0 aliphatic rings. The topological polar surface area (TPSA) is 41.9 Å². The molecule has 0 saturated heterocycles. The van der Waals surface area contributed by atoms with Crippen LogP contribution in [0.5, 0.6) is 0 Å². The second kappa shape index (κ2) is 8.73. The molecule has 27 heavy (non-hydrogen) atoms. The normalized spacial score (nSPS) is 10.7. The Bertz CT molecular complexity index is 1000. The lowest BCUT2D eigenvalue weighted by Gasteiger charge is -2.13. The molecule has 1 aromatic heterocycles. The Morgan fingerprint density at radius 2 is 1.93 bits per heavy atom. The fourth-order valence-electron chi connectivity index (χ4n) is 2.62. The number of aryl methyl sites for hydroxylation is 1. The van der Waals surface area contributed by atoms with Crippen LogP contribution in [0.1, 0.15) is 17.0 Å². The Balaban J connectivity index is 1.69. The highest BCUT2D eigenvalue weighted by Gasteiger charge is 2.09. The van der Waals surface area contributed by atoms with Crippen LogP contribution < -0.4 is 10.6 Å². The van der Waals surface area contributed by atoms with E-state index in [9.17, 15) is 0 Å². The minimum absolute atomic E-state index is 0.477. The third kappa shape index (κ3) is 5.10. The first-order chi connectivity index (χ1) is 12.8. The fourth-order valence-corrected chi connectivity index (χ4v) is 3.86. The standard InChI is InChI=1S/C19H17Br2ClN4S/c1-11-18(21)12(2)26(25-11)10-13-4-3-5-15(8-13)23-19(27)24-17-7-6-14(20)9-16(17)22/h3-9H,10H2,1-2H3,(H2,23,24,27). The highest BCUT2D eigenvalue weighted by molar-refractivity contribution is 9.10. The smallest absolute Gasteiger partial charge is 0.175 e. The lowest BCUT2D eigenvalue weighted by molar-refractivity contribution is 0.659. The van der Waals surface area contributed by atoms with Crippen molar-refractivity contribution in [3.05, 3.63) is 73.4 Å². The fraction of sp³-hybridized carbons (Fsp3) is 0.158. The van der Waals surface area contributed by atoms with Crippen molar-refractivity contribution >= 4 is 72.2 Å². The highest BCUT2D eigenvalue weighted by Crippen LogP contribution is 2.26. The first-order valence-electron chi connectivity index (χ1n) is 8.15. The Morgan fingerprint density at radius 1 is 1.15 bits per heavy atom. The van der Waals surface area contributed by atoms with Gasteiger partial charge in [0.05, 0.1) is 33.1 Å². The van der Waals surface area contributed by atoms with Crippen molar-refractivity contribution in [1.29, 1.82) is 0 Å². The number of nitrogens with zero attached hydrogens (tertiary/aromatic N) is 2. The number of hydrogen-bond acceptors (Lipinski definition) is 2. The molecule has 0 amide bonds. The van der Waals surface area contributed by atoms with Gasteiger partial charge in [0.15, 0.2) is 5.11 Å². The lowest BCUT2D eigenvalue weighted by Crippen LogP contribution is -2.19. The van der Waals surface area contributed by atoms with Crippen molar-refractivity contribution < 1.29 is 0 Å². The van der Waals surface area contributed by atoms with Crippen molar-refractivity contribution in [2.75, 3.05) is 10.6 Å². The maximum absolute atomic E-state index is 6.23. The minimum Gasteiger partial charge on any atom is -0.332 e. The van der Waals surface area contributed by atoms with Crippen LogP contribution in [0.2, 0.25) is 5.02 Å². The zero-order valence-corrected chi connectivity index (χ0v) is 19.4. The molecule has 4 nitrogen and oxygen atoms in total. The van der Waals surface area contributed by atoms with Crippen molar-refractivity contribution in [3.8, 4) is 0 Å². The van der Waals surface area contributed by atoms with E-state index in [1.165, 1.54) is 0 Å². The van der Waals surface area contributed by atoms with Crippen molar-refractivity contribution in [2.24, 2.45) is 0 Å². The van der Waals surface area contributed by atoms with E-state index in [4.69, 9.17) is 23.8 Å². The summed E-state index contributed by atoms with van der Waals surface area (Å²) in [5, 5.41) is 12.0. The van der Waals surface area contributed by atoms with Gasteiger partial charge in [-0.3, -0.25) is 4.68 Å². The van der Waals surface area contributed by atoms with Crippen LogP contribution in [0.25, 0.3) is 0 Å². The maximum atomic E-state index is 6.23.